The molecule has 0 aliphatic rings. The Balaban J connectivity index is 1.92. The van der Waals surface area contributed by atoms with Crippen LogP contribution in [0.3, 0.4) is 0 Å². The van der Waals surface area contributed by atoms with Gasteiger partial charge in [-0.25, -0.2) is 13.6 Å². The molecular formula is C27H21F2N3O7. The number of nitro groups is 1. The fourth-order valence-electron chi connectivity index (χ4n) is 3.98. The minimum absolute atomic E-state index is 0.0595. The van der Waals surface area contributed by atoms with Crippen LogP contribution in [0.5, 0.6) is 11.5 Å². The van der Waals surface area contributed by atoms with Gasteiger partial charge in [0, 0.05) is 24.4 Å². The molecule has 1 aromatic heterocycles. The molecule has 0 fully saturated rings. The summed E-state index contributed by atoms with van der Waals surface area (Å²) in [6, 6.07) is 11.7. The van der Waals surface area contributed by atoms with E-state index in [0.29, 0.717) is 5.69 Å². The summed E-state index contributed by atoms with van der Waals surface area (Å²) in [6.07, 6.45) is 1.06. The zero-order chi connectivity index (χ0) is 28.3. The van der Waals surface area contributed by atoms with E-state index in [-0.39, 0.29) is 35.1 Å². The first-order valence-electron chi connectivity index (χ1n) is 11.6. The number of hydrogen-bond acceptors (Lipinski definition) is 7. The topological polar surface area (TPSA) is 130 Å². The highest BCUT2D eigenvalue weighted by Crippen LogP contribution is 2.37. The summed E-state index contributed by atoms with van der Waals surface area (Å²) in [7, 11) is 0. The summed E-state index contributed by atoms with van der Waals surface area (Å²) in [5.41, 5.74) is -2.29. The maximum absolute atomic E-state index is 14.4. The maximum Gasteiger partial charge on any atom is 0.343 e. The van der Waals surface area contributed by atoms with Crippen molar-refractivity contribution >= 4 is 34.2 Å². The molecule has 1 heterocycles. The van der Waals surface area contributed by atoms with Crippen LogP contribution in [-0.2, 0) is 16.1 Å². The highest BCUT2D eigenvalue weighted by atomic mass is 19.1. The lowest BCUT2D eigenvalue weighted by atomic mass is 10.1. The molecule has 0 saturated carbocycles. The molecule has 200 valence electrons. The number of carbonyl (C=O) groups excluding carboxylic acids is 2. The van der Waals surface area contributed by atoms with E-state index in [0.717, 1.165) is 18.3 Å². The number of nitrogens with zero attached hydrogens (tertiary/aromatic N) is 2. The van der Waals surface area contributed by atoms with Gasteiger partial charge < -0.3 is 19.4 Å². The summed E-state index contributed by atoms with van der Waals surface area (Å²) in [5, 5.41) is 14.3. The van der Waals surface area contributed by atoms with Crippen LogP contribution in [0.2, 0.25) is 0 Å². The number of rotatable bonds is 8. The number of esters is 1. The third-order valence-corrected chi connectivity index (χ3v) is 5.66. The van der Waals surface area contributed by atoms with Gasteiger partial charge in [-0.15, -0.1) is 0 Å². The normalized spacial score (nSPS) is 10.8. The lowest BCUT2D eigenvalue weighted by molar-refractivity contribution is -0.383. The third-order valence-electron chi connectivity index (χ3n) is 5.66. The fourth-order valence-corrected chi connectivity index (χ4v) is 3.98. The number of benzene rings is 3. The molecule has 0 aliphatic carbocycles. The molecule has 0 saturated heterocycles. The summed E-state index contributed by atoms with van der Waals surface area (Å²) < 4.78 is 40.7. The van der Waals surface area contributed by atoms with E-state index in [2.05, 4.69) is 5.32 Å². The first-order chi connectivity index (χ1) is 18.6. The monoisotopic (exact) mass is 537 g/mol. The minimum atomic E-state index is -1.05. The van der Waals surface area contributed by atoms with Crippen LogP contribution in [0.15, 0.2) is 65.6 Å². The van der Waals surface area contributed by atoms with Crippen LogP contribution < -0.4 is 15.5 Å². The lowest BCUT2D eigenvalue weighted by Gasteiger charge is -2.16. The Morgan fingerprint density at radius 1 is 1.05 bits per heavy atom. The molecule has 4 aromatic rings. The van der Waals surface area contributed by atoms with Crippen LogP contribution in [0, 0.1) is 21.7 Å². The number of aromatic nitrogens is 1. The van der Waals surface area contributed by atoms with Gasteiger partial charge in [-0.1, -0.05) is 6.07 Å². The van der Waals surface area contributed by atoms with Crippen molar-refractivity contribution in [1.82, 2.24) is 4.57 Å². The summed E-state index contributed by atoms with van der Waals surface area (Å²) in [6.45, 7) is 2.28. The average molecular weight is 537 g/mol. The van der Waals surface area contributed by atoms with Gasteiger partial charge in [0.15, 0.2) is 0 Å². The Hall–Kier alpha value is -5.13. The summed E-state index contributed by atoms with van der Waals surface area (Å²) in [5.74, 6) is -3.27. The van der Waals surface area contributed by atoms with Crippen molar-refractivity contribution in [3.8, 4) is 11.5 Å². The Morgan fingerprint density at radius 3 is 2.31 bits per heavy atom. The van der Waals surface area contributed by atoms with Crippen LogP contribution in [0.4, 0.5) is 20.2 Å². The number of halogens is 2. The van der Waals surface area contributed by atoms with E-state index < -0.39 is 51.1 Å². The van der Waals surface area contributed by atoms with Crippen LogP contribution >= 0.6 is 0 Å². The molecule has 0 aliphatic heterocycles. The van der Waals surface area contributed by atoms with Crippen LogP contribution in [0.1, 0.15) is 29.8 Å². The first-order valence-corrected chi connectivity index (χ1v) is 11.6. The Kier molecular flexibility index (Phi) is 7.65. The van der Waals surface area contributed by atoms with Crippen molar-refractivity contribution in [2.24, 2.45) is 0 Å². The first kappa shape index (κ1) is 26.9. The molecule has 3 aromatic carbocycles. The highest BCUT2D eigenvalue weighted by Gasteiger charge is 2.28. The Morgan fingerprint density at radius 2 is 1.72 bits per heavy atom. The molecule has 39 heavy (non-hydrogen) atoms. The number of ether oxygens (including phenoxy) is 2. The van der Waals surface area contributed by atoms with Crippen molar-refractivity contribution in [3.05, 3.63) is 104 Å². The van der Waals surface area contributed by atoms with E-state index in [1.165, 1.54) is 60.9 Å². The minimum Gasteiger partial charge on any atom is -0.462 e. The number of hydrogen-bond donors (Lipinski definition) is 1. The zero-order valence-electron chi connectivity index (χ0n) is 20.7. The predicted octanol–water partition coefficient (Wildman–Crippen LogP) is 5.16. The second-order valence-corrected chi connectivity index (χ2v) is 8.29. The standard InChI is InChI=1S/C27H21F2N3O7/c1-3-38-27(35)19-14-31(13-18-20(28)5-4-6-21(18)29)22-11-12-23(25(32(36)37)24(22)26(19)34)39-17-9-7-16(8-10-17)30-15(2)33/h4-12,14H,3,13H2,1-2H3,(H,30,33). The summed E-state index contributed by atoms with van der Waals surface area (Å²) in [4.78, 5) is 48.6. The number of anilines is 1. The van der Waals surface area contributed by atoms with Crippen LogP contribution in [0.25, 0.3) is 10.9 Å². The van der Waals surface area contributed by atoms with Crippen molar-refractivity contribution in [2.75, 3.05) is 11.9 Å². The molecule has 0 unspecified atom stereocenters. The second kappa shape index (κ2) is 11.1. The second-order valence-electron chi connectivity index (χ2n) is 8.29. The largest absolute Gasteiger partial charge is 0.462 e. The van der Waals surface area contributed by atoms with E-state index in [4.69, 9.17) is 9.47 Å². The van der Waals surface area contributed by atoms with Gasteiger partial charge in [-0.3, -0.25) is 19.7 Å². The molecule has 0 bridgehead atoms. The molecule has 0 atom stereocenters. The Bertz CT molecular complexity index is 1650. The van der Waals surface area contributed by atoms with E-state index >= 15 is 0 Å². The molecule has 1 amide bonds. The number of pyridine rings is 1. The molecule has 12 heteroatoms. The van der Waals surface area contributed by atoms with Gasteiger partial charge in [0.2, 0.25) is 17.1 Å². The Labute approximate surface area is 219 Å². The highest BCUT2D eigenvalue weighted by molar-refractivity contribution is 5.98. The number of amides is 1. The number of nitrogens with one attached hydrogen (secondary N) is 1. The van der Waals surface area contributed by atoms with Gasteiger partial charge in [0.25, 0.3) is 0 Å². The van der Waals surface area contributed by atoms with Gasteiger partial charge in [0.05, 0.1) is 23.6 Å². The number of carbonyl (C=O) groups is 2. The van der Waals surface area contributed by atoms with Gasteiger partial charge in [-0.05, 0) is 55.5 Å². The van der Waals surface area contributed by atoms with Gasteiger partial charge >= 0.3 is 11.7 Å². The summed E-state index contributed by atoms with van der Waals surface area (Å²) >= 11 is 0. The molecule has 10 nitrogen and oxygen atoms in total. The lowest BCUT2D eigenvalue weighted by Crippen LogP contribution is -2.22. The maximum atomic E-state index is 14.4. The predicted molar refractivity (Wildman–Crippen MR) is 137 cm³/mol. The van der Waals surface area contributed by atoms with Gasteiger partial charge in [0.1, 0.15) is 28.3 Å². The zero-order valence-corrected chi connectivity index (χ0v) is 20.7. The van der Waals surface area contributed by atoms with Gasteiger partial charge in [-0.2, -0.15) is 0 Å². The van der Waals surface area contributed by atoms with E-state index in [1.54, 1.807) is 0 Å². The SMILES string of the molecule is CCOC(=O)c1cn(Cc2c(F)cccc2F)c2ccc(Oc3ccc(NC(C)=O)cc3)c([N+](=O)[O-])c2c1=O. The molecule has 0 radical (unpaired) electrons. The van der Waals surface area contributed by atoms with E-state index in [1.807, 2.05) is 0 Å². The quantitative estimate of drug-likeness (QED) is 0.187. The van der Waals surface area contributed by atoms with Crippen molar-refractivity contribution in [1.29, 1.82) is 0 Å². The molecule has 4 rings (SSSR count). The van der Waals surface area contributed by atoms with Crippen LogP contribution in [-0.4, -0.2) is 28.0 Å². The van der Waals surface area contributed by atoms with Crippen molar-refractivity contribution in [2.45, 2.75) is 20.4 Å². The fraction of sp³-hybridized carbons (Fsp3) is 0.148. The third kappa shape index (κ3) is 5.59. The van der Waals surface area contributed by atoms with Crippen molar-refractivity contribution in [3.63, 3.8) is 0 Å². The average Bonchev–Trinajstić information content (AvgIpc) is 2.88. The number of fused-ring (bicyclic) bond motifs is 1. The van der Waals surface area contributed by atoms with E-state index in [9.17, 15) is 33.3 Å². The smallest absolute Gasteiger partial charge is 0.343 e. The number of nitro benzene ring substituents is 1. The molecule has 1 N–H and O–H groups in total. The van der Waals surface area contributed by atoms with Crippen molar-refractivity contribution < 1.29 is 32.8 Å². The molecule has 0 spiro atoms. The molecular weight excluding hydrogens is 516 g/mol.